The van der Waals surface area contributed by atoms with Crippen molar-refractivity contribution < 1.29 is 42.7 Å². The fourth-order valence-corrected chi connectivity index (χ4v) is 6.19. The summed E-state index contributed by atoms with van der Waals surface area (Å²) in [5, 5.41) is 10.3. The van der Waals surface area contributed by atoms with Gasteiger partial charge in [-0.05, 0) is 44.9 Å². The summed E-state index contributed by atoms with van der Waals surface area (Å²) >= 11 is 0. The van der Waals surface area contributed by atoms with Gasteiger partial charge in [-0.1, -0.05) is 164 Å². The number of ether oxygens (including phenoxy) is 2. The summed E-state index contributed by atoms with van der Waals surface area (Å²) in [5.74, 6) is -1.03. The van der Waals surface area contributed by atoms with Gasteiger partial charge in [0.2, 0.25) is 0 Å². The summed E-state index contributed by atoms with van der Waals surface area (Å²) in [5.41, 5.74) is 5.33. The van der Waals surface area contributed by atoms with Gasteiger partial charge in [0.1, 0.15) is 6.61 Å². The maximum absolute atomic E-state index is 12.6. The summed E-state index contributed by atoms with van der Waals surface area (Å²) in [7, 11) is -4.43. The lowest BCUT2D eigenvalue weighted by molar-refractivity contribution is -0.161. The van der Waals surface area contributed by atoms with Crippen LogP contribution >= 0.6 is 7.82 Å². The Morgan fingerprint density at radius 1 is 0.648 bits per heavy atom. The minimum Gasteiger partial charge on any atom is -0.462 e. The minimum atomic E-state index is -4.43. The molecule has 11 heteroatoms. The fraction of sp³-hybridized carbons (Fsp3) is 0.721. The van der Waals surface area contributed by atoms with Crippen molar-refractivity contribution in [2.75, 3.05) is 26.4 Å². The first-order valence-electron chi connectivity index (χ1n) is 20.9. The van der Waals surface area contributed by atoms with Gasteiger partial charge < -0.3 is 25.2 Å². The maximum Gasteiger partial charge on any atom is 0.472 e. The molecule has 10 nitrogen and oxygen atoms in total. The number of hydrogen-bond donors (Lipinski definition) is 3. The Balaban J connectivity index is 4.38. The fourth-order valence-electron chi connectivity index (χ4n) is 5.43. The molecule has 0 rings (SSSR count). The second kappa shape index (κ2) is 38.9. The molecule has 0 heterocycles. The van der Waals surface area contributed by atoms with E-state index in [-0.39, 0.29) is 32.6 Å². The van der Waals surface area contributed by atoms with Gasteiger partial charge in [0, 0.05) is 19.4 Å². The maximum atomic E-state index is 12.6. The van der Waals surface area contributed by atoms with Gasteiger partial charge in [-0.25, -0.2) is 4.57 Å². The molecule has 54 heavy (non-hydrogen) atoms. The molecular formula is C43H76NO9P. The van der Waals surface area contributed by atoms with Crippen LogP contribution in [0.4, 0.5) is 0 Å². The molecule has 0 fully saturated rings. The first-order chi connectivity index (χ1) is 26.2. The van der Waals surface area contributed by atoms with Crippen LogP contribution in [0.5, 0.6) is 0 Å². The van der Waals surface area contributed by atoms with E-state index in [2.05, 4.69) is 50.3 Å². The Kier molecular flexibility index (Phi) is 37.2. The van der Waals surface area contributed by atoms with E-state index in [0.717, 1.165) is 44.9 Å². The highest BCUT2D eigenvalue weighted by Gasteiger charge is 2.26. The van der Waals surface area contributed by atoms with E-state index in [1.165, 1.54) is 70.6 Å². The summed E-state index contributed by atoms with van der Waals surface area (Å²) in [4.78, 5) is 34.8. The third-order valence-electron chi connectivity index (χ3n) is 8.52. The molecule has 0 aromatic rings. The number of aliphatic hydroxyl groups is 1. The van der Waals surface area contributed by atoms with Crippen LogP contribution in [-0.2, 0) is 32.7 Å². The Bertz CT molecular complexity index is 1090. The first kappa shape index (κ1) is 51.7. The van der Waals surface area contributed by atoms with Gasteiger partial charge in [-0.2, -0.15) is 0 Å². The zero-order valence-electron chi connectivity index (χ0n) is 33.8. The van der Waals surface area contributed by atoms with E-state index >= 15 is 0 Å². The molecule has 0 aliphatic heterocycles. The number of phosphoric ester groups is 1. The van der Waals surface area contributed by atoms with Crippen LogP contribution in [0.1, 0.15) is 162 Å². The highest BCUT2D eigenvalue weighted by molar-refractivity contribution is 7.47. The average Bonchev–Trinajstić information content (AvgIpc) is 3.15. The second-order valence-electron chi connectivity index (χ2n) is 13.7. The van der Waals surface area contributed by atoms with Gasteiger partial charge in [0.25, 0.3) is 0 Å². The lowest BCUT2D eigenvalue weighted by atomic mass is 10.0. The highest BCUT2D eigenvalue weighted by Crippen LogP contribution is 2.43. The zero-order chi connectivity index (χ0) is 39.8. The summed E-state index contributed by atoms with van der Waals surface area (Å²) in [6.45, 7) is 3.38. The predicted octanol–water partition coefficient (Wildman–Crippen LogP) is 10.7. The minimum absolute atomic E-state index is 0.00109. The number of esters is 2. The lowest BCUT2D eigenvalue weighted by Gasteiger charge is -2.20. The standard InChI is InChI=1S/C43H76NO9P/c1-3-5-7-9-11-13-15-17-18-20-22-24-26-28-30-34-42(46)50-38-41(39-52-54(48,49)51-37-36-44)53-43(47)35-31-33-40(45)32-29-27-25-23-21-19-16-14-12-10-8-6-4-2/h6,8,12,14,19,21,25,27,29,32,40-41,45H,3-5,7,9-11,13,15-18,20,22-24,26,28,30-31,33-39,44H2,1-2H3,(H,48,49)/b8-6-,14-12-,21-19-,27-25-,32-29+/t40?,41-/m1/s1. The number of aliphatic hydroxyl groups excluding tert-OH is 1. The van der Waals surface area contributed by atoms with Crippen molar-refractivity contribution in [1.29, 1.82) is 0 Å². The topological polar surface area (TPSA) is 155 Å². The summed E-state index contributed by atoms with van der Waals surface area (Å²) in [6.07, 6.45) is 41.4. The van der Waals surface area contributed by atoms with Gasteiger partial charge in [-0.15, -0.1) is 0 Å². The van der Waals surface area contributed by atoms with Crippen LogP contribution in [0.3, 0.4) is 0 Å². The number of rotatable bonds is 38. The SMILES string of the molecule is CC/C=C\C/C=C\C/C=C\C/C=C\C=C\C(O)CCCC(=O)O[C@H](COC(=O)CCCCCCCCCCCCCCCCC)COP(=O)(O)OCCN. The molecule has 0 radical (unpaired) electrons. The number of allylic oxidation sites excluding steroid dienone is 9. The first-order valence-corrected chi connectivity index (χ1v) is 22.4. The monoisotopic (exact) mass is 782 g/mol. The van der Waals surface area contributed by atoms with E-state index in [9.17, 15) is 24.2 Å². The summed E-state index contributed by atoms with van der Waals surface area (Å²) < 4.78 is 32.6. The van der Waals surface area contributed by atoms with Gasteiger partial charge in [0.15, 0.2) is 6.10 Å². The Labute approximate surface area is 328 Å². The largest absolute Gasteiger partial charge is 0.472 e. The van der Waals surface area contributed by atoms with Gasteiger partial charge in [0.05, 0.1) is 19.3 Å². The molecule has 2 unspecified atom stereocenters. The van der Waals surface area contributed by atoms with Crippen LogP contribution in [0.2, 0.25) is 0 Å². The van der Waals surface area contributed by atoms with Crippen molar-refractivity contribution in [2.24, 2.45) is 5.73 Å². The molecule has 312 valence electrons. The smallest absolute Gasteiger partial charge is 0.462 e. The lowest BCUT2D eigenvalue weighted by Crippen LogP contribution is -2.29. The average molecular weight is 782 g/mol. The third kappa shape index (κ3) is 38.0. The van der Waals surface area contributed by atoms with E-state index in [1.807, 2.05) is 12.2 Å². The van der Waals surface area contributed by atoms with Crippen molar-refractivity contribution in [3.05, 3.63) is 60.8 Å². The van der Waals surface area contributed by atoms with Crippen LogP contribution < -0.4 is 5.73 Å². The molecule has 0 spiro atoms. The molecule has 4 N–H and O–H groups in total. The van der Waals surface area contributed by atoms with Gasteiger partial charge in [-0.3, -0.25) is 18.6 Å². The molecule has 0 aromatic heterocycles. The van der Waals surface area contributed by atoms with Crippen molar-refractivity contribution in [1.82, 2.24) is 0 Å². The Hall–Kier alpha value is -2.33. The quantitative estimate of drug-likeness (QED) is 0.0181. The number of phosphoric acid groups is 1. The normalized spacial score (nSPS) is 14.5. The van der Waals surface area contributed by atoms with Crippen LogP contribution in [0.15, 0.2) is 60.8 Å². The Morgan fingerprint density at radius 2 is 1.17 bits per heavy atom. The van der Waals surface area contributed by atoms with E-state index in [1.54, 1.807) is 12.2 Å². The molecule has 0 saturated carbocycles. The number of nitrogens with two attached hydrogens (primary N) is 1. The molecule has 0 aliphatic rings. The highest BCUT2D eigenvalue weighted by atomic mass is 31.2. The van der Waals surface area contributed by atoms with E-state index in [0.29, 0.717) is 19.3 Å². The molecule has 0 saturated heterocycles. The van der Waals surface area contributed by atoms with Crippen LogP contribution in [0, 0.1) is 0 Å². The zero-order valence-corrected chi connectivity index (χ0v) is 34.7. The molecule has 0 bridgehead atoms. The molecule has 0 aliphatic carbocycles. The van der Waals surface area contributed by atoms with Crippen molar-refractivity contribution in [3.8, 4) is 0 Å². The molecule has 3 atom stereocenters. The number of unbranched alkanes of at least 4 members (excludes halogenated alkanes) is 14. The van der Waals surface area contributed by atoms with Crippen LogP contribution in [-0.4, -0.2) is 60.5 Å². The number of carbonyl (C=O) groups is 2. The Morgan fingerprint density at radius 3 is 1.72 bits per heavy atom. The van der Waals surface area contributed by atoms with Crippen molar-refractivity contribution in [2.45, 2.75) is 174 Å². The molecule has 0 amide bonds. The van der Waals surface area contributed by atoms with Gasteiger partial charge >= 0.3 is 19.8 Å². The second-order valence-corrected chi connectivity index (χ2v) is 15.1. The van der Waals surface area contributed by atoms with Crippen LogP contribution in [0.25, 0.3) is 0 Å². The van der Waals surface area contributed by atoms with E-state index in [4.69, 9.17) is 24.3 Å². The number of hydrogen-bond acceptors (Lipinski definition) is 9. The predicted molar refractivity (Wildman–Crippen MR) is 221 cm³/mol. The molecular weight excluding hydrogens is 705 g/mol. The molecule has 0 aromatic carbocycles. The van der Waals surface area contributed by atoms with Crippen molar-refractivity contribution in [3.63, 3.8) is 0 Å². The van der Waals surface area contributed by atoms with E-state index < -0.39 is 38.6 Å². The summed E-state index contributed by atoms with van der Waals surface area (Å²) in [6, 6.07) is 0. The third-order valence-corrected chi connectivity index (χ3v) is 9.51. The number of carbonyl (C=O) groups excluding carboxylic acids is 2. The van der Waals surface area contributed by atoms with Crippen molar-refractivity contribution >= 4 is 19.8 Å².